The van der Waals surface area contributed by atoms with Crippen molar-refractivity contribution in [1.29, 1.82) is 0 Å². The largest absolute Gasteiger partial charge is 0.368 e. The zero-order chi connectivity index (χ0) is 19.2. The number of piperidine rings is 1. The van der Waals surface area contributed by atoms with E-state index in [0.29, 0.717) is 12.0 Å². The summed E-state index contributed by atoms with van der Waals surface area (Å²) in [5, 5.41) is 4.44. The summed E-state index contributed by atoms with van der Waals surface area (Å²) in [4.78, 5) is 11.9. The summed E-state index contributed by atoms with van der Waals surface area (Å²) in [6.07, 6.45) is 2.62. The molecule has 2 aliphatic rings. The van der Waals surface area contributed by atoms with E-state index in [1.165, 1.54) is 31.6 Å². The summed E-state index contributed by atoms with van der Waals surface area (Å²) < 4.78 is 0. The standard InChI is InChI=1S/C21H34ClN5/c1-17(2)27-9-5-6-18(16-27)15-24-21(23-3)26-12-10-25(11-13-26)20-8-4-7-19(22)14-20/h4,7-8,14,17-18H,5-6,9-13,15-16H2,1-3H3,(H,23,24). The molecule has 2 heterocycles. The van der Waals surface area contributed by atoms with Gasteiger partial charge in [0.1, 0.15) is 0 Å². The van der Waals surface area contributed by atoms with Crippen LogP contribution in [0.25, 0.3) is 0 Å². The fourth-order valence-corrected chi connectivity index (χ4v) is 4.33. The lowest BCUT2D eigenvalue weighted by Gasteiger charge is -2.39. The molecule has 5 nitrogen and oxygen atoms in total. The second-order valence-corrected chi connectivity index (χ2v) is 8.42. The van der Waals surface area contributed by atoms with Crippen LogP contribution in [0.2, 0.25) is 5.02 Å². The lowest BCUT2D eigenvalue weighted by molar-refractivity contribution is 0.140. The first kappa shape index (κ1) is 20.3. The molecule has 0 saturated carbocycles. The molecule has 2 fully saturated rings. The zero-order valence-electron chi connectivity index (χ0n) is 17.0. The van der Waals surface area contributed by atoms with Gasteiger partial charge in [-0.2, -0.15) is 0 Å². The smallest absolute Gasteiger partial charge is 0.193 e. The molecule has 1 aromatic rings. The van der Waals surface area contributed by atoms with Crippen molar-refractivity contribution >= 4 is 23.2 Å². The van der Waals surface area contributed by atoms with Crippen LogP contribution in [0, 0.1) is 5.92 Å². The number of aliphatic imine (C=N–C) groups is 1. The number of guanidine groups is 1. The molecule has 2 saturated heterocycles. The van der Waals surface area contributed by atoms with E-state index in [9.17, 15) is 0 Å². The molecule has 2 aliphatic heterocycles. The quantitative estimate of drug-likeness (QED) is 0.631. The Hall–Kier alpha value is -1.46. The van der Waals surface area contributed by atoms with E-state index in [1.807, 2.05) is 25.2 Å². The van der Waals surface area contributed by atoms with Crippen LogP contribution in [0.1, 0.15) is 26.7 Å². The summed E-state index contributed by atoms with van der Waals surface area (Å²) in [5.74, 6) is 1.76. The Kier molecular flexibility index (Phi) is 7.25. The number of benzene rings is 1. The number of hydrogen-bond donors (Lipinski definition) is 1. The first-order valence-corrected chi connectivity index (χ1v) is 10.6. The van der Waals surface area contributed by atoms with Gasteiger partial charge in [0, 0.05) is 63.1 Å². The summed E-state index contributed by atoms with van der Waals surface area (Å²) in [6.45, 7) is 12.0. The third-order valence-corrected chi connectivity index (χ3v) is 6.03. The van der Waals surface area contributed by atoms with Crippen molar-refractivity contribution in [2.75, 3.05) is 57.8 Å². The van der Waals surface area contributed by atoms with Crippen molar-refractivity contribution in [3.8, 4) is 0 Å². The van der Waals surface area contributed by atoms with E-state index in [4.69, 9.17) is 11.6 Å². The number of likely N-dealkylation sites (tertiary alicyclic amines) is 1. The van der Waals surface area contributed by atoms with Gasteiger partial charge in [-0.3, -0.25) is 4.99 Å². The van der Waals surface area contributed by atoms with Crippen LogP contribution in [0.15, 0.2) is 29.3 Å². The molecule has 6 heteroatoms. The summed E-state index contributed by atoms with van der Waals surface area (Å²) in [7, 11) is 1.90. The molecule has 0 radical (unpaired) electrons. The number of anilines is 1. The number of rotatable bonds is 4. The monoisotopic (exact) mass is 391 g/mol. The normalized spacial score (nSPS) is 22.4. The molecule has 27 heavy (non-hydrogen) atoms. The van der Waals surface area contributed by atoms with Crippen LogP contribution >= 0.6 is 11.6 Å². The van der Waals surface area contributed by atoms with Gasteiger partial charge in [0.05, 0.1) is 0 Å². The number of nitrogens with zero attached hydrogens (tertiary/aromatic N) is 4. The maximum atomic E-state index is 6.14. The molecule has 1 N–H and O–H groups in total. The van der Waals surface area contributed by atoms with Crippen molar-refractivity contribution in [3.05, 3.63) is 29.3 Å². The highest BCUT2D eigenvalue weighted by Gasteiger charge is 2.24. The Morgan fingerprint density at radius 1 is 1.22 bits per heavy atom. The number of piperazine rings is 1. The second kappa shape index (κ2) is 9.65. The Morgan fingerprint density at radius 2 is 2.00 bits per heavy atom. The highest BCUT2D eigenvalue weighted by atomic mass is 35.5. The molecule has 0 amide bonds. The van der Waals surface area contributed by atoms with Gasteiger partial charge in [0.25, 0.3) is 0 Å². The molecule has 0 aromatic heterocycles. The van der Waals surface area contributed by atoms with Crippen LogP contribution in [0.3, 0.4) is 0 Å². The van der Waals surface area contributed by atoms with Gasteiger partial charge >= 0.3 is 0 Å². The molecule has 1 unspecified atom stereocenters. The van der Waals surface area contributed by atoms with Crippen molar-refractivity contribution in [1.82, 2.24) is 15.1 Å². The van der Waals surface area contributed by atoms with E-state index in [0.717, 1.165) is 43.7 Å². The van der Waals surface area contributed by atoms with Gasteiger partial charge in [0.2, 0.25) is 0 Å². The van der Waals surface area contributed by atoms with Crippen molar-refractivity contribution in [3.63, 3.8) is 0 Å². The molecule has 0 aliphatic carbocycles. The van der Waals surface area contributed by atoms with Crippen molar-refractivity contribution < 1.29 is 0 Å². The molecule has 1 atom stereocenters. The average Bonchev–Trinajstić information content (AvgIpc) is 2.69. The van der Waals surface area contributed by atoms with Gasteiger partial charge in [-0.15, -0.1) is 0 Å². The summed E-state index contributed by atoms with van der Waals surface area (Å²) >= 11 is 6.14. The van der Waals surface area contributed by atoms with Crippen molar-refractivity contribution in [2.45, 2.75) is 32.7 Å². The van der Waals surface area contributed by atoms with Crippen LogP contribution in [0.4, 0.5) is 5.69 Å². The Balaban J connectivity index is 1.48. The van der Waals surface area contributed by atoms with Gasteiger partial charge in [-0.1, -0.05) is 17.7 Å². The Labute approximate surface area is 169 Å². The minimum Gasteiger partial charge on any atom is -0.368 e. The fourth-order valence-electron chi connectivity index (χ4n) is 4.15. The van der Waals surface area contributed by atoms with Gasteiger partial charge in [-0.25, -0.2) is 0 Å². The van der Waals surface area contributed by atoms with E-state index in [1.54, 1.807) is 0 Å². The fraction of sp³-hybridized carbons (Fsp3) is 0.667. The second-order valence-electron chi connectivity index (χ2n) is 7.98. The van der Waals surface area contributed by atoms with Crippen LogP contribution in [-0.4, -0.2) is 74.7 Å². The SMILES string of the molecule is CN=C(NCC1CCCN(C(C)C)C1)N1CCN(c2cccc(Cl)c2)CC1. The van der Waals surface area contributed by atoms with Crippen LogP contribution in [0.5, 0.6) is 0 Å². The number of nitrogens with one attached hydrogen (secondary N) is 1. The minimum atomic E-state index is 0.645. The van der Waals surface area contributed by atoms with Crippen molar-refractivity contribution in [2.24, 2.45) is 10.9 Å². The molecule has 0 bridgehead atoms. The third kappa shape index (κ3) is 5.52. The van der Waals surface area contributed by atoms with E-state index in [2.05, 4.69) is 44.9 Å². The van der Waals surface area contributed by atoms with Gasteiger partial charge < -0.3 is 20.0 Å². The molecule has 3 rings (SSSR count). The van der Waals surface area contributed by atoms with E-state index < -0.39 is 0 Å². The summed E-state index contributed by atoms with van der Waals surface area (Å²) in [5.41, 5.74) is 1.21. The van der Waals surface area contributed by atoms with Gasteiger partial charge in [-0.05, 0) is 57.4 Å². The maximum absolute atomic E-state index is 6.14. The van der Waals surface area contributed by atoms with Crippen LogP contribution in [-0.2, 0) is 0 Å². The molecular weight excluding hydrogens is 358 g/mol. The Bertz CT molecular complexity index is 625. The zero-order valence-corrected chi connectivity index (χ0v) is 17.8. The predicted octanol–water partition coefficient (Wildman–Crippen LogP) is 3.16. The first-order valence-electron chi connectivity index (χ1n) is 10.3. The van der Waals surface area contributed by atoms with E-state index in [-0.39, 0.29) is 0 Å². The molecular formula is C21H34ClN5. The number of hydrogen-bond acceptors (Lipinski definition) is 3. The third-order valence-electron chi connectivity index (χ3n) is 5.79. The van der Waals surface area contributed by atoms with E-state index >= 15 is 0 Å². The first-order chi connectivity index (χ1) is 13.1. The highest BCUT2D eigenvalue weighted by Crippen LogP contribution is 2.21. The average molecular weight is 392 g/mol. The van der Waals surface area contributed by atoms with Crippen LogP contribution < -0.4 is 10.2 Å². The lowest BCUT2D eigenvalue weighted by atomic mass is 9.97. The lowest BCUT2D eigenvalue weighted by Crippen LogP contribution is -2.53. The topological polar surface area (TPSA) is 34.1 Å². The molecule has 1 aromatic carbocycles. The highest BCUT2D eigenvalue weighted by molar-refractivity contribution is 6.30. The predicted molar refractivity (Wildman–Crippen MR) is 116 cm³/mol. The number of halogens is 1. The molecule has 0 spiro atoms. The summed E-state index contributed by atoms with van der Waals surface area (Å²) in [6, 6.07) is 8.78. The minimum absolute atomic E-state index is 0.645. The molecule has 150 valence electrons. The maximum Gasteiger partial charge on any atom is 0.193 e. The van der Waals surface area contributed by atoms with Gasteiger partial charge in [0.15, 0.2) is 5.96 Å². The Morgan fingerprint density at radius 3 is 2.67 bits per heavy atom.